The van der Waals surface area contributed by atoms with Crippen molar-refractivity contribution in [1.82, 2.24) is 0 Å². The second-order valence-electron chi connectivity index (χ2n) is 8.01. The number of rotatable bonds is 1. The quantitative estimate of drug-likeness (QED) is 0.765. The Morgan fingerprint density at radius 1 is 0.650 bits per heavy atom. The summed E-state index contributed by atoms with van der Waals surface area (Å²) in [7, 11) is 0. The Balaban J connectivity index is 1.42. The highest BCUT2D eigenvalue weighted by Gasteiger charge is 2.48. The van der Waals surface area contributed by atoms with Gasteiger partial charge in [-0.3, -0.25) is 0 Å². The van der Waals surface area contributed by atoms with Gasteiger partial charge in [0, 0.05) is 16.5 Å². The summed E-state index contributed by atoms with van der Waals surface area (Å²) in [4.78, 5) is 0. The first-order chi connectivity index (χ1) is 9.83. The molecule has 0 aromatic rings. The van der Waals surface area contributed by atoms with Crippen LogP contribution in [-0.2, 0) is 0 Å². The highest BCUT2D eigenvalue weighted by atomic mass is 32.2. The van der Waals surface area contributed by atoms with Crippen molar-refractivity contribution in [1.29, 1.82) is 0 Å². The average molecular weight is 294 g/mol. The van der Waals surface area contributed by atoms with Crippen molar-refractivity contribution in [2.45, 2.75) is 87.2 Å². The van der Waals surface area contributed by atoms with Crippen molar-refractivity contribution in [2.24, 2.45) is 29.4 Å². The van der Waals surface area contributed by atoms with E-state index in [1.165, 1.54) is 64.2 Å². The molecule has 3 saturated carbocycles. The molecule has 4 aliphatic rings. The highest BCUT2D eigenvalue weighted by Crippen LogP contribution is 2.56. The van der Waals surface area contributed by atoms with Gasteiger partial charge < -0.3 is 5.73 Å². The van der Waals surface area contributed by atoms with Crippen LogP contribution in [-0.4, -0.2) is 16.5 Å². The Hall–Kier alpha value is 0.310. The molecule has 2 heteroatoms. The summed E-state index contributed by atoms with van der Waals surface area (Å²) < 4.78 is 0. The number of fused-ring (bicyclic) bond motifs is 3. The Kier molecular flexibility index (Phi) is 4.07. The summed E-state index contributed by atoms with van der Waals surface area (Å²) in [5, 5.41) is 2.05. The number of hydrogen-bond acceptors (Lipinski definition) is 2. The Morgan fingerprint density at radius 3 is 2.20 bits per heavy atom. The first-order valence-corrected chi connectivity index (χ1v) is 10.2. The number of hydrogen-bond donors (Lipinski definition) is 1. The maximum atomic E-state index is 6.46. The maximum Gasteiger partial charge on any atom is 0.00840 e. The van der Waals surface area contributed by atoms with Gasteiger partial charge in [0.25, 0.3) is 0 Å². The summed E-state index contributed by atoms with van der Waals surface area (Å²) >= 11 is 2.41. The van der Waals surface area contributed by atoms with Gasteiger partial charge in [-0.2, -0.15) is 11.8 Å². The van der Waals surface area contributed by atoms with E-state index in [9.17, 15) is 0 Å². The van der Waals surface area contributed by atoms with Gasteiger partial charge in [0.05, 0.1) is 0 Å². The lowest BCUT2D eigenvalue weighted by Gasteiger charge is -2.41. The van der Waals surface area contributed by atoms with Crippen molar-refractivity contribution >= 4 is 11.8 Å². The predicted octanol–water partition coefficient (Wildman–Crippen LogP) is 4.59. The van der Waals surface area contributed by atoms with E-state index in [1.807, 2.05) is 0 Å². The molecule has 20 heavy (non-hydrogen) atoms. The van der Waals surface area contributed by atoms with E-state index in [-0.39, 0.29) is 0 Å². The molecule has 4 fully saturated rings. The van der Waals surface area contributed by atoms with Crippen molar-refractivity contribution in [2.75, 3.05) is 0 Å². The minimum absolute atomic E-state index is 0.527. The monoisotopic (exact) mass is 293 g/mol. The van der Waals surface area contributed by atoms with Crippen LogP contribution in [0.1, 0.15) is 70.6 Å². The molecule has 2 N–H and O–H groups in total. The fourth-order valence-corrected chi connectivity index (χ4v) is 8.19. The first-order valence-electron chi connectivity index (χ1n) is 9.24. The van der Waals surface area contributed by atoms with E-state index in [4.69, 9.17) is 5.73 Å². The van der Waals surface area contributed by atoms with Crippen molar-refractivity contribution in [3.63, 3.8) is 0 Å². The van der Waals surface area contributed by atoms with E-state index >= 15 is 0 Å². The van der Waals surface area contributed by atoms with Gasteiger partial charge in [-0.25, -0.2) is 0 Å². The first kappa shape index (κ1) is 13.9. The summed E-state index contributed by atoms with van der Waals surface area (Å²) in [6.45, 7) is 0. The maximum absolute atomic E-state index is 6.46. The van der Waals surface area contributed by atoms with Crippen LogP contribution in [0.4, 0.5) is 0 Å². The second-order valence-corrected chi connectivity index (χ2v) is 9.49. The van der Waals surface area contributed by atoms with Crippen LogP contribution in [0.5, 0.6) is 0 Å². The molecule has 4 rings (SSSR count). The number of nitrogens with two attached hydrogens (primary N) is 1. The molecular formula is C18H31NS. The third-order valence-electron chi connectivity index (χ3n) is 7.02. The summed E-state index contributed by atoms with van der Waals surface area (Å²) in [5.74, 6) is 4.02. The van der Waals surface area contributed by atoms with Gasteiger partial charge in [0.1, 0.15) is 0 Å². The summed E-state index contributed by atoms with van der Waals surface area (Å²) in [6.07, 6.45) is 16.2. The van der Waals surface area contributed by atoms with Gasteiger partial charge in [-0.05, 0) is 68.6 Å². The molecule has 0 aromatic carbocycles. The van der Waals surface area contributed by atoms with E-state index in [0.717, 1.165) is 34.2 Å². The molecule has 1 heterocycles. The molecule has 0 spiro atoms. The zero-order valence-corrected chi connectivity index (χ0v) is 13.6. The van der Waals surface area contributed by atoms with Crippen molar-refractivity contribution in [3.05, 3.63) is 0 Å². The van der Waals surface area contributed by atoms with E-state index in [0.29, 0.717) is 6.04 Å². The van der Waals surface area contributed by atoms with Crippen LogP contribution in [0, 0.1) is 23.7 Å². The van der Waals surface area contributed by atoms with Gasteiger partial charge >= 0.3 is 0 Å². The standard InChI is InChI=1S/C18H31NS/c19-16-7-3-1-5-13(16)12-9-10-15-14-6-2-4-8-17(14)20-18(15)11-12/h12-18H,1-11,19H2. The molecule has 114 valence electrons. The lowest BCUT2D eigenvalue weighted by Crippen LogP contribution is -2.41. The van der Waals surface area contributed by atoms with Crippen LogP contribution < -0.4 is 5.73 Å². The van der Waals surface area contributed by atoms with E-state index < -0.39 is 0 Å². The minimum Gasteiger partial charge on any atom is -0.327 e. The Morgan fingerprint density at radius 2 is 1.35 bits per heavy atom. The Bertz CT molecular complexity index is 344. The fraction of sp³-hybridized carbons (Fsp3) is 1.00. The molecule has 1 aliphatic heterocycles. The Labute approximate surface area is 128 Å². The average Bonchev–Trinajstić information content (AvgIpc) is 2.85. The molecule has 0 bridgehead atoms. The zero-order valence-electron chi connectivity index (χ0n) is 12.8. The fourth-order valence-electron chi connectivity index (χ4n) is 6.00. The van der Waals surface area contributed by atoms with Crippen LogP contribution in [0.25, 0.3) is 0 Å². The smallest absolute Gasteiger partial charge is 0.00840 e. The molecule has 0 amide bonds. The molecule has 1 saturated heterocycles. The van der Waals surface area contributed by atoms with Gasteiger partial charge in [-0.15, -0.1) is 0 Å². The molecule has 0 radical (unpaired) electrons. The van der Waals surface area contributed by atoms with Gasteiger partial charge in [-0.1, -0.05) is 25.7 Å². The molecule has 1 nitrogen and oxygen atoms in total. The zero-order chi connectivity index (χ0) is 13.5. The lowest BCUT2D eigenvalue weighted by atomic mass is 9.65. The largest absolute Gasteiger partial charge is 0.327 e. The predicted molar refractivity (Wildman–Crippen MR) is 87.9 cm³/mol. The normalized spacial score (nSPS) is 52.4. The summed E-state index contributed by atoms with van der Waals surface area (Å²) in [6, 6.07) is 0.527. The SMILES string of the molecule is NC1CCCCC1C1CCC2C(C1)SC1CCCCC12. The van der Waals surface area contributed by atoms with Crippen LogP contribution in [0.15, 0.2) is 0 Å². The lowest BCUT2D eigenvalue weighted by molar-refractivity contribution is 0.130. The minimum atomic E-state index is 0.527. The van der Waals surface area contributed by atoms with Gasteiger partial charge in [0.2, 0.25) is 0 Å². The topological polar surface area (TPSA) is 26.0 Å². The van der Waals surface area contributed by atoms with Crippen molar-refractivity contribution < 1.29 is 0 Å². The van der Waals surface area contributed by atoms with Crippen molar-refractivity contribution in [3.8, 4) is 0 Å². The van der Waals surface area contributed by atoms with E-state index in [2.05, 4.69) is 11.8 Å². The second kappa shape index (κ2) is 5.83. The van der Waals surface area contributed by atoms with Crippen LogP contribution >= 0.6 is 11.8 Å². The van der Waals surface area contributed by atoms with E-state index in [1.54, 1.807) is 6.42 Å². The number of thioether (sulfide) groups is 1. The third kappa shape index (κ3) is 2.45. The van der Waals surface area contributed by atoms with Crippen LogP contribution in [0.3, 0.4) is 0 Å². The third-order valence-corrected chi connectivity index (χ3v) is 8.84. The highest BCUT2D eigenvalue weighted by molar-refractivity contribution is 8.00. The molecule has 7 unspecified atom stereocenters. The summed E-state index contributed by atoms with van der Waals surface area (Å²) in [5.41, 5.74) is 6.46. The molecular weight excluding hydrogens is 262 g/mol. The molecule has 0 aromatic heterocycles. The van der Waals surface area contributed by atoms with Crippen LogP contribution in [0.2, 0.25) is 0 Å². The molecule has 3 aliphatic carbocycles. The molecule has 7 atom stereocenters. The van der Waals surface area contributed by atoms with Gasteiger partial charge in [0.15, 0.2) is 0 Å².